The third kappa shape index (κ3) is 7.26. The fourth-order valence-electron chi connectivity index (χ4n) is 2.85. The summed E-state index contributed by atoms with van der Waals surface area (Å²) in [5.74, 6) is 1.03. The number of hydrogen-bond donors (Lipinski definition) is 1. The summed E-state index contributed by atoms with van der Waals surface area (Å²) in [6.07, 6.45) is 3.76. The summed E-state index contributed by atoms with van der Waals surface area (Å²) in [7, 11) is -1.45. The molecule has 0 saturated carbocycles. The first kappa shape index (κ1) is 23.1. The zero-order valence-corrected chi connectivity index (χ0v) is 17.0. The van der Waals surface area contributed by atoms with Gasteiger partial charge in [0.25, 0.3) is 10.2 Å². The Bertz CT molecular complexity index is 404. The number of likely N-dealkylation sites (N-methyl/N-ethyl adjacent to an activating group) is 1. The first-order chi connectivity index (χ1) is 10.3. The average molecular weight is 370 g/mol. The van der Waals surface area contributed by atoms with E-state index in [9.17, 15) is 8.42 Å². The molecule has 1 saturated heterocycles. The summed E-state index contributed by atoms with van der Waals surface area (Å²) in [4.78, 5) is 0. The normalized spacial score (nSPS) is 19.7. The fourth-order valence-corrected chi connectivity index (χ4v) is 4.73. The Balaban J connectivity index is 0.00000484. The van der Waals surface area contributed by atoms with Crippen LogP contribution < -0.4 is 5.32 Å². The van der Waals surface area contributed by atoms with Crippen LogP contribution in [0.15, 0.2) is 0 Å². The molecular weight excluding hydrogens is 334 g/mol. The van der Waals surface area contributed by atoms with Crippen molar-refractivity contribution in [2.75, 3.05) is 33.2 Å². The lowest BCUT2D eigenvalue weighted by Gasteiger charge is -2.31. The second-order valence-electron chi connectivity index (χ2n) is 7.24. The number of hydrogen-bond acceptors (Lipinski definition) is 3. The molecular formula is C16H36ClN3O2S. The van der Waals surface area contributed by atoms with Crippen LogP contribution >= 0.6 is 12.4 Å². The Labute approximate surface area is 149 Å². The molecule has 0 spiro atoms. The van der Waals surface area contributed by atoms with Gasteiger partial charge in [-0.1, -0.05) is 27.7 Å². The summed E-state index contributed by atoms with van der Waals surface area (Å²) in [5.41, 5.74) is 0. The maximum Gasteiger partial charge on any atom is 0.282 e. The van der Waals surface area contributed by atoms with Crippen LogP contribution in [-0.4, -0.2) is 56.3 Å². The van der Waals surface area contributed by atoms with E-state index in [0.29, 0.717) is 31.5 Å². The van der Waals surface area contributed by atoms with Crippen LogP contribution in [0, 0.1) is 11.8 Å². The molecule has 0 aromatic heterocycles. The highest BCUT2D eigenvalue weighted by Crippen LogP contribution is 2.24. The van der Waals surface area contributed by atoms with Gasteiger partial charge in [0.15, 0.2) is 0 Å². The number of rotatable bonds is 10. The number of nitrogens with one attached hydrogen (secondary N) is 1. The van der Waals surface area contributed by atoms with Crippen molar-refractivity contribution in [2.45, 2.75) is 59.4 Å². The van der Waals surface area contributed by atoms with Crippen LogP contribution in [0.3, 0.4) is 0 Å². The Kier molecular flexibility index (Phi) is 10.9. The summed E-state index contributed by atoms with van der Waals surface area (Å²) < 4.78 is 29.6. The molecule has 23 heavy (non-hydrogen) atoms. The molecule has 1 fully saturated rings. The van der Waals surface area contributed by atoms with E-state index < -0.39 is 10.2 Å². The maximum atomic E-state index is 13.1. The maximum absolute atomic E-state index is 13.1. The Morgan fingerprint density at radius 1 is 1.13 bits per heavy atom. The molecule has 1 heterocycles. The van der Waals surface area contributed by atoms with Gasteiger partial charge in [0.05, 0.1) is 0 Å². The molecule has 7 heteroatoms. The SMILES string of the molecule is CNCC1CCCN1S(=O)(=O)N(CCC(C)C)CCC(C)C.Cl. The zero-order chi connectivity index (χ0) is 16.8. The molecule has 0 aromatic rings. The van der Waals surface area contributed by atoms with Crippen molar-refractivity contribution in [1.29, 1.82) is 0 Å². The molecule has 1 aliphatic rings. The molecule has 140 valence electrons. The van der Waals surface area contributed by atoms with E-state index in [1.165, 1.54) is 0 Å². The molecule has 0 amide bonds. The Morgan fingerprint density at radius 2 is 1.65 bits per heavy atom. The molecule has 1 unspecified atom stereocenters. The highest BCUT2D eigenvalue weighted by atomic mass is 35.5. The lowest BCUT2D eigenvalue weighted by Crippen LogP contribution is -2.49. The lowest BCUT2D eigenvalue weighted by atomic mass is 10.1. The van der Waals surface area contributed by atoms with Gasteiger partial charge in [0, 0.05) is 32.2 Å². The highest BCUT2D eigenvalue weighted by Gasteiger charge is 2.37. The van der Waals surface area contributed by atoms with Gasteiger partial charge in [-0.05, 0) is 44.6 Å². The first-order valence-corrected chi connectivity index (χ1v) is 10.1. The van der Waals surface area contributed by atoms with Gasteiger partial charge in [-0.15, -0.1) is 12.4 Å². The summed E-state index contributed by atoms with van der Waals surface area (Å²) in [6, 6.07) is 0.107. The van der Waals surface area contributed by atoms with Gasteiger partial charge in [0.1, 0.15) is 0 Å². The van der Waals surface area contributed by atoms with Crippen LogP contribution in [0.2, 0.25) is 0 Å². The van der Waals surface area contributed by atoms with E-state index in [-0.39, 0.29) is 18.4 Å². The molecule has 0 aromatic carbocycles. The zero-order valence-electron chi connectivity index (χ0n) is 15.4. The number of halogens is 1. The van der Waals surface area contributed by atoms with E-state index >= 15 is 0 Å². The smallest absolute Gasteiger partial charge is 0.282 e. The summed E-state index contributed by atoms with van der Waals surface area (Å²) in [5, 5.41) is 3.13. The molecule has 1 atom stereocenters. The van der Waals surface area contributed by atoms with Gasteiger partial charge < -0.3 is 5.32 Å². The van der Waals surface area contributed by atoms with Crippen molar-refractivity contribution in [3.63, 3.8) is 0 Å². The summed E-state index contributed by atoms with van der Waals surface area (Å²) in [6.45, 7) is 11.3. The second kappa shape index (κ2) is 10.9. The van der Waals surface area contributed by atoms with Crippen LogP contribution in [0.4, 0.5) is 0 Å². The van der Waals surface area contributed by atoms with Crippen LogP contribution in [0.5, 0.6) is 0 Å². The van der Waals surface area contributed by atoms with Crippen LogP contribution in [-0.2, 0) is 10.2 Å². The van der Waals surface area contributed by atoms with Crippen LogP contribution in [0.25, 0.3) is 0 Å². The van der Waals surface area contributed by atoms with Crippen molar-refractivity contribution in [2.24, 2.45) is 11.8 Å². The fraction of sp³-hybridized carbons (Fsp3) is 1.00. The molecule has 1 N–H and O–H groups in total. The quantitative estimate of drug-likeness (QED) is 0.644. The molecule has 0 radical (unpaired) electrons. The van der Waals surface area contributed by atoms with Crippen molar-refractivity contribution in [3.8, 4) is 0 Å². The molecule has 0 aliphatic carbocycles. The van der Waals surface area contributed by atoms with Gasteiger partial charge in [-0.2, -0.15) is 17.0 Å². The van der Waals surface area contributed by atoms with Crippen LogP contribution in [0.1, 0.15) is 53.4 Å². The largest absolute Gasteiger partial charge is 0.318 e. The standard InChI is InChI=1S/C16H35N3O2S.ClH/c1-14(2)8-11-18(12-9-15(3)4)22(20,21)19-10-6-7-16(19)13-17-5;/h14-17H,6-13H2,1-5H3;1H. The highest BCUT2D eigenvalue weighted by molar-refractivity contribution is 7.86. The number of nitrogens with zero attached hydrogens (tertiary/aromatic N) is 2. The minimum absolute atomic E-state index is 0. The third-order valence-electron chi connectivity index (χ3n) is 4.30. The second-order valence-corrected chi connectivity index (χ2v) is 9.12. The monoisotopic (exact) mass is 369 g/mol. The molecule has 5 nitrogen and oxygen atoms in total. The van der Waals surface area contributed by atoms with E-state index in [1.54, 1.807) is 8.61 Å². The summed E-state index contributed by atoms with van der Waals surface area (Å²) >= 11 is 0. The van der Waals surface area contributed by atoms with Crippen molar-refractivity contribution >= 4 is 22.6 Å². The third-order valence-corrected chi connectivity index (χ3v) is 6.39. The Hall–Kier alpha value is 0.120. The topological polar surface area (TPSA) is 52.7 Å². The molecule has 0 bridgehead atoms. The first-order valence-electron chi connectivity index (χ1n) is 8.70. The Morgan fingerprint density at radius 3 is 2.09 bits per heavy atom. The van der Waals surface area contributed by atoms with E-state index in [1.807, 2.05) is 7.05 Å². The van der Waals surface area contributed by atoms with E-state index in [2.05, 4.69) is 33.0 Å². The average Bonchev–Trinajstić information content (AvgIpc) is 2.87. The lowest BCUT2D eigenvalue weighted by molar-refractivity contribution is 0.301. The predicted octanol–water partition coefficient (Wildman–Crippen LogP) is 2.73. The molecule has 1 aliphatic heterocycles. The minimum Gasteiger partial charge on any atom is -0.318 e. The minimum atomic E-state index is -3.34. The van der Waals surface area contributed by atoms with Gasteiger partial charge >= 0.3 is 0 Å². The van der Waals surface area contributed by atoms with E-state index in [4.69, 9.17) is 0 Å². The molecule has 1 rings (SSSR count). The van der Waals surface area contributed by atoms with Crippen molar-refractivity contribution in [3.05, 3.63) is 0 Å². The van der Waals surface area contributed by atoms with Gasteiger partial charge in [-0.3, -0.25) is 0 Å². The van der Waals surface area contributed by atoms with Gasteiger partial charge in [0.2, 0.25) is 0 Å². The van der Waals surface area contributed by atoms with Crippen molar-refractivity contribution < 1.29 is 8.42 Å². The van der Waals surface area contributed by atoms with Crippen molar-refractivity contribution in [1.82, 2.24) is 13.9 Å². The predicted molar refractivity (Wildman–Crippen MR) is 100 cm³/mol. The van der Waals surface area contributed by atoms with Gasteiger partial charge in [-0.25, -0.2) is 0 Å². The van der Waals surface area contributed by atoms with E-state index in [0.717, 1.165) is 32.2 Å².